The lowest BCUT2D eigenvalue weighted by Gasteiger charge is -2.12. The number of pyridine rings is 1. The first-order chi connectivity index (χ1) is 8.34. The Morgan fingerprint density at radius 1 is 1.50 bits per heavy atom. The van der Waals surface area contributed by atoms with Gasteiger partial charge in [-0.05, 0) is 12.5 Å². The van der Waals surface area contributed by atoms with Crippen LogP contribution in [-0.4, -0.2) is 28.0 Å². The number of aromatic hydroxyl groups is 1. The smallest absolute Gasteiger partial charge is 0.254 e. The molecule has 0 radical (unpaired) electrons. The number of hydrogen-bond acceptors (Lipinski definition) is 4. The quantitative estimate of drug-likeness (QED) is 0.644. The van der Waals surface area contributed by atoms with Gasteiger partial charge in [0.15, 0.2) is 0 Å². The van der Waals surface area contributed by atoms with Crippen LogP contribution in [0.25, 0.3) is 0 Å². The van der Waals surface area contributed by atoms with Crippen LogP contribution >= 0.6 is 0 Å². The van der Waals surface area contributed by atoms with E-state index in [-0.39, 0.29) is 24.6 Å². The molecule has 1 heterocycles. The van der Waals surface area contributed by atoms with Crippen molar-refractivity contribution in [2.75, 3.05) is 6.54 Å². The molecule has 0 aliphatic rings. The Kier molecular flexibility index (Phi) is 4.09. The van der Waals surface area contributed by atoms with Crippen molar-refractivity contribution < 1.29 is 14.7 Å². The van der Waals surface area contributed by atoms with Crippen molar-refractivity contribution >= 4 is 11.8 Å². The summed E-state index contributed by atoms with van der Waals surface area (Å²) in [5, 5.41) is 12.3. The number of nitrogens with one attached hydrogen (secondary N) is 1. The number of nitrogens with two attached hydrogens (primary N) is 1. The molecule has 0 saturated carbocycles. The van der Waals surface area contributed by atoms with Crippen LogP contribution in [0, 0.1) is 6.92 Å². The zero-order chi connectivity index (χ0) is 13.9. The third-order valence-electron chi connectivity index (χ3n) is 2.44. The molecular formula is C11H15N3O4. The van der Waals surface area contributed by atoms with Crippen molar-refractivity contribution in [2.24, 2.45) is 5.73 Å². The first-order valence-corrected chi connectivity index (χ1v) is 5.32. The van der Waals surface area contributed by atoms with Gasteiger partial charge in [0, 0.05) is 26.1 Å². The Hall–Kier alpha value is -2.31. The van der Waals surface area contributed by atoms with E-state index in [1.54, 1.807) is 0 Å². The molecule has 0 atom stereocenters. The van der Waals surface area contributed by atoms with Crippen molar-refractivity contribution in [3.63, 3.8) is 0 Å². The average Bonchev–Trinajstić information content (AvgIpc) is 2.21. The fourth-order valence-corrected chi connectivity index (χ4v) is 1.62. The molecule has 2 amide bonds. The SMILES string of the molecule is CC(=O)NCCn1c(O)c(C(N)=O)c(C)cc1=O. The Morgan fingerprint density at radius 3 is 2.61 bits per heavy atom. The van der Waals surface area contributed by atoms with Crippen molar-refractivity contribution in [3.8, 4) is 5.88 Å². The van der Waals surface area contributed by atoms with Gasteiger partial charge in [0.25, 0.3) is 11.5 Å². The molecule has 0 aromatic carbocycles. The maximum atomic E-state index is 11.6. The lowest BCUT2D eigenvalue weighted by Crippen LogP contribution is -2.30. The highest BCUT2D eigenvalue weighted by Gasteiger charge is 2.16. The molecule has 4 N–H and O–H groups in total. The number of aromatic nitrogens is 1. The van der Waals surface area contributed by atoms with Gasteiger partial charge in [-0.15, -0.1) is 0 Å². The van der Waals surface area contributed by atoms with Crippen LogP contribution in [0.15, 0.2) is 10.9 Å². The van der Waals surface area contributed by atoms with Crippen molar-refractivity contribution in [3.05, 3.63) is 27.5 Å². The number of rotatable bonds is 4. The molecule has 18 heavy (non-hydrogen) atoms. The van der Waals surface area contributed by atoms with E-state index in [0.29, 0.717) is 5.56 Å². The van der Waals surface area contributed by atoms with Crippen LogP contribution in [-0.2, 0) is 11.3 Å². The maximum Gasteiger partial charge on any atom is 0.254 e. The van der Waals surface area contributed by atoms with E-state index >= 15 is 0 Å². The summed E-state index contributed by atoms with van der Waals surface area (Å²) < 4.78 is 0.989. The monoisotopic (exact) mass is 253 g/mol. The summed E-state index contributed by atoms with van der Waals surface area (Å²) in [6, 6.07) is 1.22. The van der Waals surface area contributed by atoms with E-state index in [2.05, 4.69) is 5.32 Å². The highest BCUT2D eigenvalue weighted by molar-refractivity contribution is 5.96. The minimum atomic E-state index is -0.807. The minimum Gasteiger partial charge on any atom is -0.494 e. The van der Waals surface area contributed by atoms with Crippen LogP contribution in [0.3, 0.4) is 0 Å². The van der Waals surface area contributed by atoms with Crippen LogP contribution < -0.4 is 16.6 Å². The predicted molar refractivity (Wildman–Crippen MR) is 64.3 cm³/mol. The molecule has 0 bridgehead atoms. The zero-order valence-corrected chi connectivity index (χ0v) is 10.2. The normalized spacial score (nSPS) is 10.1. The molecule has 1 aromatic heterocycles. The Bertz CT molecular complexity index is 548. The highest BCUT2D eigenvalue weighted by atomic mass is 16.3. The molecule has 0 fully saturated rings. The number of hydrogen-bond donors (Lipinski definition) is 3. The van der Waals surface area contributed by atoms with E-state index in [4.69, 9.17) is 5.73 Å². The fraction of sp³-hybridized carbons (Fsp3) is 0.364. The van der Waals surface area contributed by atoms with Gasteiger partial charge in [-0.3, -0.25) is 19.0 Å². The number of amides is 2. The molecule has 98 valence electrons. The second-order valence-corrected chi connectivity index (χ2v) is 3.86. The van der Waals surface area contributed by atoms with Gasteiger partial charge >= 0.3 is 0 Å². The molecule has 0 aliphatic carbocycles. The zero-order valence-electron chi connectivity index (χ0n) is 10.2. The van der Waals surface area contributed by atoms with Crippen molar-refractivity contribution in [2.45, 2.75) is 20.4 Å². The molecule has 7 heteroatoms. The summed E-state index contributed by atoms with van der Waals surface area (Å²) in [5.41, 5.74) is 4.90. The van der Waals surface area contributed by atoms with E-state index in [1.807, 2.05) is 0 Å². The van der Waals surface area contributed by atoms with Crippen molar-refractivity contribution in [1.82, 2.24) is 9.88 Å². The number of carbonyl (C=O) groups is 2. The van der Waals surface area contributed by atoms with Gasteiger partial charge < -0.3 is 16.2 Å². The topological polar surface area (TPSA) is 114 Å². The third-order valence-corrected chi connectivity index (χ3v) is 2.44. The second-order valence-electron chi connectivity index (χ2n) is 3.86. The molecule has 0 unspecified atom stereocenters. The molecule has 1 aromatic rings. The Balaban J connectivity index is 3.12. The molecule has 1 rings (SSSR count). The lowest BCUT2D eigenvalue weighted by atomic mass is 10.1. The van der Waals surface area contributed by atoms with Crippen LogP contribution in [0.1, 0.15) is 22.8 Å². The molecule has 7 nitrogen and oxygen atoms in total. The van der Waals surface area contributed by atoms with Gasteiger partial charge in [-0.2, -0.15) is 0 Å². The summed E-state index contributed by atoms with van der Waals surface area (Å²) >= 11 is 0. The summed E-state index contributed by atoms with van der Waals surface area (Å²) in [5.74, 6) is -1.53. The third kappa shape index (κ3) is 2.88. The summed E-state index contributed by atoms with van der Waals surface area (Å²) in [6.45, 7) is 3.08. The summed E-state index contributed by atoms with van der Waals surface area (Å²) in [6.07, 6.45) is 0. The first-order valence-electron chi connectivity index (χ1n) is 5.32. The number of nitrogens with zero attached hydrogens (tertiary/aromatic N) is 1. The molecule has 0 spiro atoms. The van der Waals surface area contributed by atoms with E-state index in [0.717, 1.165) is 4.57 Å². The summed E-state index contributed by atoms with van der Waals surface area (Å²) in [4.78, 5) is 33.5. The predicted octanol–water partition coefficient (Wildman–Crippen LogP) is -0.903. The first kappa shape index (κ1) is 13.8. The van der Waals surface area contributed by atoms with Crippen LogP contribution in [0.5, 0.6) is 5.88 Å². The van der Waals surface area contributed by atoms with Gasteiger partial charge in [0.05, 0.1) is 0 Å². The Morgan fingerprint density at radius 2 is 2.11 bits per heavy atom. The molecule has 0 saturated heterocycles. The van der Waals surface area contributed by atoms with E-state index in [1.165, 1.54) is 19.9 Å². The highest BCUT2D eigenvalue weighted by Crippen LogP contribution is 2.17. The van der Waals surface area contributed by atoms with Crippen LogP contribution in [0.4, 0.5) is 0 Å². The number of primary amides is 1. The Labute approximate surface area is 103 Å². The maximum absolute atomic E-state index is 11.6. The average molecular weight is 253 g/mol. The van der Waals surface area contributed by atoms with Gasteiger partial charge in [-0.1, -0.05) is 0 Å². The lowest BCUT2D eigenvalue weighted by molar-refractivity contribution is -0.119. The van der Waals surface area contributed by atoms with Gasteiger partial charge in [0.1, 0.15) is 5.56 Å². The van der Waals surface area contributed by atoms with Gasteiger partial charge in [-0.25, -0.2) is 0 Å². The van der Waals surface area contributed by atoms with Gasteiger partial charge in [0.2, 0.25) is 11.8 Å². The van der Waals surface area contributed by atoms with E-state index in [9.17, 15) is 19.5 Å². The number of carbonyl (C=O) groups excluding carboxylic acids is 2. The van der Waals surface area contributed by atoms with E-state index < -0.39 is 17.3 Å². The second kappa shape index (κ2) is 5.35. The fourth-order valence-electron chi connectivity index (χ4n) is 1.62. The molecular weight excluding hydrogens is 238 g/mol. The summed E-state index contributed by atoms with van der Waals surface area (Å²) in [7, 11) is 0. The van der Waals surface area contributed by atoms with Crippen molar-refractivity contribution in [1.29, 1.82) is 0 Å². The standard InChI is InChI=1S/C11H15N3O4/c1-6-5-8(16)14(4-3-13-7(2)15)11(18)9(6)10(12)17/h5,18H,3-4H2,1-2H3,(H2,12,17)(H,13,15). The largest absolute Gasteiger partial charge is 0.494 e. The minimum absolute atomic E-state index is 0.0603. The number of aryl methyl sites for hydroxylation is 1. The van der Waals surface area contributed by atoms with Crippen LogP contribution in [0.2, 0.25) is 0 Å². The molecule has 0 aliphatic heterocycles.